The Morgan fingerprint density at radius 3 is 2.81 bits per heavy atom. The summed E-state index contributed by atoms with van der Waals surface area (Å²) >= 11 is 3.35. The van der Waals surface area contributed by atoms with Gasteiger partial charge in [0.1, 0.15) is 5.75 Å². The topological polar surface area (TPSA) is 64.6 Å². The number of aryl methyl sites for hydroxylation is 1. The summed E-state index contributed by atoms with van der Waals surface area (Å²) in [6.07, 6.45) is 3.04. The first-order chi connectivity index (χ1) is 12.6. The van der Waals surface area contributed by atoms with Crippen molar-refractivity contribution in [3.8, 4) is 5.75 Å². The summed E-state index contributed by atoms with van der Waals surface area (Å²) in [6.45, 7) is -0.0885. The minimum absolute atomic E-state index is 0.0289. The zero-order valence-corrected chi connectivity index (χ0v) is 16.0. The van der Waals surface area contributed by atoms with Crippen molar-refractivity contribution in [2.24, 2.45) is 0 Å². The minimum atomic E-state index is -0.425. The van der Waals surface area contributed by atoms with Crippen molar-refractivity contribution in [2.75, 3.05) is 13.7 Å². The summed E-state index contributed by atoms with van der Waals surface area (Å²) in [5.74, 6) is -0.0987. The Bertz CT molecular complexity index is 821. The van der Waals surface area contributed by atoms with E-state index in [1.54, 1.807) is 18.2 Å². The summed E-state index contributed by atoms with van der Waals surface area (Å²) in [4.78, 5) is 23.8. The number of benzene rings is 2. The smallest absolute Gasteiger partial charge is 0.337 e. The highest BCUT2D eigenvalue weighted by Crippen LogP contribution is 2.29. The van der Waals surface area contributed by atoms with Crippen molar-refractivity contribution in [3.63, 3.8) is 0 Å². The van der Waals surface area contributed by atoms with Gasteiger partial charge in [0.2, 0.25) is 0 Å². The first-order valence-electron chi connectivity index (χ1n) is 8.46. The number of esters is 1. The Morgan fingerprint density at radius 2 is 2.04 bits per heavy atom. The molecule has 1 aliphatic carbocycles. The Morgan fingerprint density at radius 1 is 1.23 bits per heavy atom. The second-order valence-electron chi connectivity index (χ2n) is 6.14. The summed E-state index contributed by atoms with van der Waals surface area (Å²) in [5.41, 5.74) is 2.90. The molecule has 1 N–H and O–H groups in total. The number of rotatable bonds is 5. The van der Waals surface area contributed by atoms with E-state index in [1.165, 1.54) is 18.2 Å². The van der Waals surface area contributed by atoms with Gasteiger partial charge in [-0.25, -0.2) is 4.79 Å². The second-order valence-corrected chi connectivity index (χ2v) is 6.99. The van der Waals surface area contributed by atoms with Crippen LogP contribution in [0.25, 0.3) is 0 Å². The fraction of sp³-hybridized carbons (Fsp3) is 0.300. The summed E-state index contributed by atoms with van der Waals surface area (Å²) in [5, 5.41) is 3.05. The van der Waals surface area contributed by atoms with Gasteiger partial charge in [0, 0.05) is 0 Å². The van der Waals surface area contributed by atoms with E-state index in [2.05, 4.69) is 38.1 Å². The van der Waals surface area contributed by atoms with Gasteiger partial charge in [0.05, 0.1) is 23.2 Å². The predicted molar refractivity (Wildman–Crippen MR) is 101 cm³/mol. The number of methoxy groups -OCH3 is 1. The van der Waals surface area contributed by atoms with Gasteiger partial charge in [0.25, 0.3) is 5.91 Å². The Hall–Kier alpha value is -2.34. The highest BCUT2D eigenvalue weighted by atomic mass is 79.9. The van der Waals surface area contributed by atoms with Crippen molar-refractivity contribution in [3.05, 3.63) is 63.6 Å². The summed E-state index contributed by atoms with van der Waals surface area (Å²) in [7, 11) is 1.33. The average Bonchev–Trinajstić information content (AvgIpc) is 2.66. The van der Waals surface area contributed by atoms with Gasteiger partial charge in [0.15, 0.2) is 6.61 Å². The lowest BCUT2D eigenvalue weighted by Crippen LogP contribution is -2.34. The quantitative estimate of drug-likeness (QED) is 0.751. The van der Waals surface area contributed by atoms with E-state index >= 15 is 0 Å². The van der Waals surface area contributed by atoms with E-state index in [-0.39, 0.29) is 18.6 Å². The highest BCUT2D eigenvalue weighted by Gasteiger charge is 2.21. The number of hydrogen-bond donors (Lipinski definition) is 1. The zero-order valence-electron chi connectivity index (χ0n) is 14.5. The van der Waals surface area contributed by atoms with Gasteiger partial charge in [-0.05, 0) is 64.5 Å². The first kappa shape index (κ1) is 18.5. The molecule has 1 atom stereocenters. The molecule has 0 spiro atoms. The Kier molecular flexibility index (Phi) is 5.93. The van der Waals surface area contributed by atoms with Crippen LogP contribution in [0, 0.1) is 0 Å². The van der Waals surface area contributed by atoms with E-state index in [0.717, 1.165) is 19.3 Å². The van der Waals surface area contributed by atoms with E-state index < -0.39 is 5.97 Å². The molecule has 0 heterocycles. The largest absolute Gasteiger partial charge is 0.483 e. The van der Waals surface area contributed by atoms with Gasteiger partial charge < -0.3 is 14.8 Å². The van der Waals surface area contributed by atoms with E-state index in [9.17, 15) is 9.59 Å². The van der Waals surface area contributed by atoms with Crippen molar-refractivity contribution in [1.29, 1.82) is 0 Å². The molecule has 6 heteroatoms. The number of halogens is 1. The number of hydrogen-bond acceptors (Lipinski definition) is 4. The van der Waals surface area contributed by atoms with Crippen molar-refractivity contribution < 1.29 is 19.1 Å². The molecular weight excluding hydrogens is 398 g/mol. The van der Waals surface area contributed by atoms with Crippen LogP contribution in [0.15, 0.2) is 46.9 Å². The molecule has 1 unspecified atom stereocenters. The number of nitrogens with one attached hydrogen (secondary N) is 1. The lowest BCUT2D eigenvalue weighted by Gasteiger charge is -2.26. The van der Waals surface area contributed by atoms with Gasteiger partial charge in [-0.1, -0.05) is 24.3 Å². The van der Waals surface area contributed by atoms with Crippen molar-refractivity contribution in [1.82, 2.24) is 5.32 Å². The SMILES string of the molecule is COC(=O)c1ccc(OCC(=O)NC2CCCc3ccccc32)c(Br)c1. The standard InChI is InChI=1S/C20H20BrNO4/c1-25-20(24)14-9-10-18(16(21)11-14)26-12-19(23)22-17-8-4-6-13-5-2-3-7-15(13)17/h2-3,5,7,9-11,17H,4,6,8,12H2,1H3,(H,22,23). The van der Waals surface area contributed by atoms with Crippen LogP contribution in [0.5, 0.6) is 5.75 Å². The molecule has 0 fully saturated rings. The normalized spacial score (nSPS) is 15.7. The molecule has 3 rings (SSSR count). The third-order valence-corrected chi connectivity index (χ3v) is 5.04. The first-order valence-corrected chi connectivity index (χ1v) is 9.25. The molecule has 26 heavy (non-hydrogen) atoms. The molecule has 2 aromatic rings. The molecule has 0 bridgehead atoms. The van der Waals surface area contributed by atoms with Crippen molar-refractivity contribution >= 4 is 27.8 Å². The molecule has 0 saturated carbocycles. The molecule has 2 aromatic carbocycles. The van der Waals surface area contributed by atoms with Gasteiger partial charge >= 0.3 is 5.97 Å². The number of amides is 1. The van der Waals surface area contributed by atoms with Crippen LogP contribution < -0.4 is 10.1 Å². The van der Waals surface area contributed by atoms with Crippen LogP contribution in [0.4, 0.5) is 0 Å². The van der Waals surface area contributed by atoms with Gasteiger partial charge in [-0.2, -0.15) is 0 Å². The molecular formula is C20H20BrNO4. The lowest BCUT2D eigenvalue weighted by atomic mass is 9.88. The molecule has 0 aliphatic heterocycles. The lowest BCUT2D eigenvalue weighted by molar-refractivity contribution is -0.124. The maximum Gasteiger partial charge on any atom is 0.337 e. The van der Waals surface area contributed by atoms with Gasteiger partial charge in [-0.15, -0.1) is 0 Å². The van der Waals surface area contributed by atoms with Crippen LogP contribution in [-0.2, 0) is 16.0 Å². The molecule has 1 aliphatic rings. The zero-order chi connectivity index (χ0) is 18.5. The van der Waals surface area contributed by atoms with E-state index in [1.807, 2.05) is 12.1 Å². The van der Waals surface area contributed by atoms with Crippen LogP contribution in [0.2, 0.25) is 0 Å². The van der Waals surface area contributed by atoms with Crippen molar-refractivity contribution in [2.45, 2.75) is 25.3 Å². The summed E-state index contributed by atoms with van der Waals surface area (Å²) < 4.78 is 10.9. The Labute approximate surface area is 160 Å². The minimum Gasteiger partial charge on any atom is -0.483 e. The molecule has 136 valence electrons. The number of carbonyl (C=O) groups is 2. The van der Waals surface area contributed by atoms with Crippen LogP contribution in [0.3, 0.4) is 0 Å². The fourth-order valence-corrected chi connectivity index (χ4v) is 3.64. The second kappa shape index (κ2) is 8.36. The van der Waals surface area contributed by atoms with Crippen LogP contribution >= 0.6 is 15.9 Å². The van der Waals surface area contributed by atoms with Gasteiger partial charge in [-0.3, -0.25) is 4.79 Å². The molecule has 0 aromatic heterocycles. The van der Waals surface area contributed by atoms with Crippen LogP contribution in [0.1, 0.15) is 40.4 Å². The van der Waals surface area contributed by atoms with Crippen LogP contribution in [-0.4, -0.2) is 25.6 Å². The third-order valence-electron chi connectivity index (χ3n) is 4.42. The number of carbonyl (C=O) groups excluding carboxylic acids is 2. The molecule has 0 radical (unpaired) electrons. The third kappa shape index (κ3) is 4.25. The predicted octanol–water partition coefficient (Wildman–Crippen LogP) is 3.81. The monoisotopic (exact) mass is 417 g/mol. The maximum atomic E-state index is 12.3. The average molecular weight is 418 g/mol. The number of fused-ring (bicyclic) bond motifs is 1. The Balaban J connectivity index is 1.59. The summed E-state index contributed by atoms with van der Waals surface area (Å²) in [6, 6.07) is 13.1. The van der Waals surface area contributed by atoms with E-state index in [4.69, 9.17) is 4.74 Å². The molecule has 1 amide bonds. The van der Waals surface area contributed by atoms with E-state index in [0.29, 0.717) is 15.8 Å². The molecule has 5 nitrogen and oxygen atoms in total. The maximum absolute atomic E-state index is 12.3. The highest BCUT2D eigenvalue weighted by molar-refractivity contribution is 9.10. The number of ether oxygens (including phenoxy) is 2. The fourth-order valence-electron chi connectivity index (χ4n) is 3.15. The molecule has 0 saturated heterocycles.